The Balaban J connectivity index is 1.89. The Morgan fingerprint density at radius 3 is 2.42 bits per heavy atom. The van der Waals surface area contributed by atoms with Crippen molar-refractivity contribution in [3.05, 3.63) is 52.3 Å². The first-order chi connectivity index (χ1) is 12.1. The number of phenols is 2. The summed E-state index contributed by atoms with van der Waals surface area (Å²) in [4.78, 5) is 19.4. The van der Waals surface area contributed by atoms with Crippen LogP contribution < -0.4 is 0 Å². The number of rotatable bonds is 2. The van der Waals surface area contributed by atoms with Crippen LogP contribution in [0, 0.1) is 0 Å². The topological polar surface area (TPSA) is 73.7 Å². The van der Waals surface area contributed by atoms with Crippen molar-refractivity contribution in [2.45, 2.75) is 59.0 Å². The Labute approximate surface area is 154 Å². The largest absolute Gasteiger partial charge is 0.508 e. The highest BCUT2D eigenvalue weighted by atomic mass is 16.3. The molecule has 1 aromatic carbocycles. The highest BCUT2D eigenvalue weighted by molar-refractivity contribution is 5.97. The third-order valence-electron chi connectivity index (χ3n) is 4.82. The summed E-state index contributed by atoms with van der Waals surface area (Å²) in [7, 11) is 0. The van der Waals surface area contributed by atoms with Crippen LogP contribution in [0.25, 0.3) is 0 Å². The van der Waals surface area contributed by atoms with Crippen molar-refractivity contribution in [3.8, 4) is 11.5 Å². The van der Waals surface area contributed by atoms with E-state index in [1.807, 2.05) is 26.0 Å². The van der Waals surface area contributed by atoms with E-state index >= 15 is 0 Å². The second-order valence-electron chi connectivity index (χ2n) is 8.30. The van der Waals surface area contributed by atoms with Crippen molar-refractivity contribution in [3.63, 3.8) is 0 Å². The average Bonchev–Trinajstić information content (AvgIpc) is 2.96. The maximum Gasteiger partial charge on any atom is 0.258 e. The lowest BCUT2D eigenvalue weighted by molar-refractivity contribution is 0.0747. The van der Waals surface area contributed by atoms with Crippen LogP contribution in [-0.4, -0.2) is 26.0 Å². The summed E-state index contributed by atoms with van der Waals surface area (Å²) < 4.78 is 0. The SMILES string of the molecule is CC(C)c1cc(C(=O)N2Cc3ccc(C(C)(C)C)nc3C2)c(O)cc1O. The van der Waals surface area contributed by atoms with E-state index in [2.05, 4.69) is 20.8 Å². The molecule has 5 nitrogen and oxygen atoms in total. The molecule has 0 bridgehead atoms. The van der Waals surface area contributed by atoms with E-state index in [-0.39, 0.29) is 34.3 Å². The van der Waals surface area contributed by atoms with Crippen molar-refractivity contribution in [1.29, 1.82) is 0 Å². The molecule has 0 saturated heterocycles. The minimum Gasteiger partial charge on any atom is -0.508 e. The van der Waals surface area contributed by atoms with E-state index in [1.54, 1.807) is 11.0 Å². The predicted molar refractivity (Wildman–Crippen MR) is 100 cm³/mol. The number of phenolic OH excluding ortho intramolecular Hbond substituents is 2. The lowest BCUT2D eigenvalue weighted by atomic mass is 9.91. The summed E-state index contributed by atoms with van der Waals surface area (Å²) >= 11 is 0. The van der Waals surface area contributed by atoms with Gasteiger partial charge in [-0.2, -0.15) is 0 Å². The van der Waals surface area contributed by atoms with E-state index in [9.17, 15) is 15.0 Å². The van der Waals surface area contributed by atoms with E-state index in [0.717, 1.165) is 17.0 Å². The molecule has 2 heterocycles. The van der Waals surface area contributed by atoms with Crippen LogP contribution in [0.1, 0.15) is 73.4 Å². The molecule has 5 heteroatoms. The van der Waals surface area contributed by atoms with E-state index in [4.69, 9.17) is 4.98 Å². The number of amides is 1. The van der Waals surface area contributed by atoms with Crippen LogP contribution in [0.15, 0.2) is 24.3 Å². The van der Waals surface area contributed by atoms with Gasteiger partial charge in [0.15, 0.2) is 0 Å². The van der Waals surface area contributed by atoms with Gasteiger partial charge in [-0.05, 0) is 29.2 Å². The summed E-state index contributed by atoms with van der Waals surface area (Å²) in [6, 6.07) is 6.89. The number of benzene rings is 1. The molecule has 2 N–H and O–H groups in total. The van der Waals surface area contributed by atoms with Crippen LogP contribution in [0.2, 0.25) is 0 Å². The van der Waals surface area contributed by atoms with Gasteiger partial charge in [-0.15, -0.1) is 0 Å². The molecule has 0 atom stereocenters. The van der Waals surface area contributed by atoms with Gasteiger partial charge in [-0.3, -0.25) is 9.78 Å². The molecule has 0 fully saturated rings. The Morgan fingerprint density at radius 1 is 1.12 bits per heavy atom. The number of nitrogens with zero attached hydrogens (tertiary/aromatic N) is 2. The molecule has 1 aliphatic heterocycles. The molecule has 0 radical (unpaired) electrons. The molecule has 1 aliphatic rings. The van der Waals surface area contributed by atoms with Crippen LogP contribution in [0.4, 0.5) is 0 Å². The van der Waals surface area contributed by atoms with Gasteiger partial charge in [0.2, 0.25) is 0 Å². The predicted octanol–water partition coefficient (Wildman–Crippen LogP) is 4.07. The highest BCUT2D eigenvalue weighted by Gasteiger charge is 2.29. The van der Waals surface area contributed by atoms with Crippen molar-refractivity contribution in [1.82, 2.24) is 9.88 Å². The summed E-state index contributed by atoms with van der Waals surface area (Å²) in [5.74, 6) is -0.389. The molecule has 0 saturated carbocycles. The zero-order valence-corrected chi connectivity index (χ0v) is 16.0. The maximum atomic E-state index is 13.0. The minimum atomic E-state index is -0.250. The minimum absolute atomic E-state index is 0.00948. The average molecular weight is 354 g/mol. The second-order valence-corrected chi connectivity index (χ2v) is 8.30. The molecule has 2 aromatic rings. The number of pyridine rings is 1. The number of carbonyl (C=O) groups excluding carboxylic acids is 1. The highest BCUT2D eigenvalue weighted by Crippen LogP contribution is 2.34. The van der Waals surface area contributed by atoms with Crippen LogP contribution in [0.5, 0.6) is 11.5 Å². The first-order valence-electron chi connectivity index (χ1n) is 8.92. The fraction of sp³-hybridized carbons (Fsp3) is 0.429. The molecule has 1 amide bonds. The number of fused-ring (bicyclic) bond motifs is 1. The number of aromatic hydroxyl groups is 2. The Hall–Kier alpha value is -2.56. The van der Waals surface area contributed by atoms with Gasteiger partial charge >= 0.3 is 0 Å². The Kier molecular flexibility index (Phi) is 4.42. The van der Waals surface area contributed by atoms with Crippen LogP contribution in [0.3, 0.4) is 0 Å². The maximum absolute atomic E-state index is 13.0. The van der Waals surface area contributed by atoms with E-state index in [0.29, 0.717) is 18.7 Å². The first-order valence-corrected chi connectivity index (χ1v) is 8.92. The molecule has 0 unspecified atom stereocenters. The number of carbonyl (C=O) groups is 1. The second kappa shape index (κ2) is 6.31. The molecule has 3 rings (SSSR count). The molecular weight excluding hydrogens is 328 g/mol. The lowest BCUT2D eigenvalue weighted by Gasteiger charge is -2.18. The van der Waals surface area contributed by atoms with Gasteiger partial charge < -0.3 is 15.1 Å². The summed E-state index contributed by atoms with van der Waals surface area (Å²) in [6.07, 6.45) is 0. The molecule has 0 spiro atoms. The third-order valence-corrected chi connectivity index (χ3v) is 4.82. The molecule has 0 aliphatic carbocycles. The summed E-state index contributed by atoms with van der Waals surface area (Å²) in [6.45, 7) is 11.1. The third kappa shape index (κ3) is 3.26. The van der Waals surface area contributed by atoms with E-state index in [1.165, 1.54) is 6.07 Å². The number of hydrogen-bond acceptors (Lipinski definition) is 4. The van der Waals surface area contributed by atoms with Gasteiger partial charge in [0, 0.05) is 23.7 Å². The Morgan fingerprint density at radius 2 is 1.81 bits per heavy atom. The summed E-state index contributed by atoms with van der Waals surface area (Å²) in [5, 5.41) is 20.2. The first kappa shape index (κ1) is 18.2. The van der Waals surface area contributed by atoms with Crippen molar-refractivity contribution in [2.24, 2.45) is 0 Å². The van der Waals surface area contributed by atoms with Crippen molar-refractivity contribution >= 4 is 5.91 Å². The van der Waals surface area contributed by atoms with Gasteiger partial charge in [0.1, 0.15) is 11.5 Å². The molecular formula is C21H26N2O3. The zero-order valence-electron chi connectivity index (χ0n) is 16.0. The van der Waals surface area contributed by atoms with Crippen molar-refractivity contribution in [2.75, 3.05) is 0 Å². The standard InChI is InChI=1S/C21H26N2O3/c1-12(2)14-8-15(18(25)9-17(14)24)20(26)23-10-13-6-7-19(21(3,4)5)22-16(13)11-23/h6-9,12,24-25H,10-11H2,1-5H3. The molecule has 1 aromatic heterocycles. The Bertz CT molecular complexity index is 866. The van der Waals surface area contributed by atoms with Gasteiger partial charge in [0.05, 0.1) is 17.8 Å². The lowest BCUT2D eigenvalue weighted by Crippen LogP contribution is -2.25. The van der Waals surface area contributed by atoms with Gasteiger partial charge in [0.25, 0.3) is 5.91 Å². The van der Waals surface area contributed by atoms with Gasteiger partial charge in [-0.1, -0.05) is 40.7 Å². The van der Waals surface area contributed by atoms with E-state index < -0.39 is 0 Å². The van der Waals surface area contributed by atoms with Crippen LogP contribution in [-0.2, 0) is 18.5 Å². The monoisotopic (exact) mass is 354 g/mol. The van der Waals surface area contributed by atoms with Crippen LogP contribution >= 0.6 is 0 Å². The smallest absolute Gasteiger partial charge is 0.258 e. The normalized spacial score (nSPS) is 14.0. The zero-order chi connectivity index (χ0) is 19.2. The number of hydrogen-bond donors (Lipinski definition) is 2. The quantitative estimate of drug-likeness (QED) is 0.852. The summed E-state index contributed by atoms with van der Waals surface area (Å²) in [5.41, 5.74) is 3.77. The molecule has 138 valence electrons. The fourth-order valence-electron chi connectivity index (χ4n) is 3.21. The van der Waals surface area contributed by atoms with Gasteiger partial charge in [-0.25, -0.2) is 0 Å². The molecule has 26 heavy (non-hydrogen) atoms. The van der Waals surface area contributed by atoms with Crippen molar-refractivity contribution < 1.29 is 15.0 Å². The number of aromatic nitrogens is 1. The fourth-order valence-corrected chi connectivity index (χ4v) is 3.21.